The fraction of sp³-hybridized carbons (Fsp3) is 0.231. The summed E-state index contributed by atoms with van der Waals surface area (Å²) in [7, 11) is 0. The molecule has 2 heterocycles. The number of benzene rings is 1. The van der Waals surface area contributed by atoms with Gasteiger partial charge in [-0.05, 0) is 41.0 Å². The highest BCUT2D eigenvalue weighted by Crippen LogP contribution is 2.26. The van der Waals surface area contributed by atoms with Crippen molar-refractivity contribution in [2.24, 2.45) is 0 Å². The molecule has 0 atom stereocenters. The Hall–Kier alpha value is -1.17. The lowest BCUT2D eigenvalue weighted by Gasteiger charge is -2.18. The Balaban J connectivity index is 1.94. The number of hydrogen-bond acceptors (Lipinski definition) is 4. The normalized spacial score (nSPS) is 14.0. The number of fused-ring (bicyclic) bond motifs is 1. The van der Waals surface area contributed by atoms with E-state index >= 15 is 0 Å². The third-order valence-electron chi connectivity index (χ3n) is 3.01. The van der Waals surface area contributed by atoms with Crippen LogP contribution >= 0.6 is 27.5 Å². The lowest BCUT2D eigenvalue weighted by Crippen LogP contribution is -2.25. The Morgan fingerprint density at radius 2 is 2.11 bits per heavy atom. The zero-order chi connectivity index (χ0) is 13.2. The molecule has 0 bridgehead atoms. The predicted octanol–water partition coefficient (Wildman–Crippen LogP) is 3.28. The fourth-order valence-corrected chi connectivity index (χ4v) is 2.72. The van der Waals surface area contributed by atoms with Gasteiger partial charge in [-0.25, -0.2) is 9.97 Å². The van der Waals surface area contributed by atoms with Crippen molar-refractivity contribution in [1.29, 1.82) is 0 Å². The molecule has 0 amide bonds. The van der Waals surface area contributed by atoms with Crippen LogP contribution in [0, 0.1) is 0 Å². The van der Waals surface area contributed by atoms with E-state index in [2.05, 4.69) is 36.5 Å². The summed E-state index contributed by atoms with van der Waals surface area (Å²) in [5.74, 6) is 0.527. The zero-order valence-electron chi connectivity index (χ0n) is 10.1. The average molecular weight is 340 g/mol. The zero-order valence-corrected chi connectivity index (χ0v) is 12.4. The first kappa shape index (κ1) is 12.8. The number of rotatable bonds is 2. The van der Waals surface area contributed by atoms with E-state index in [9.17, 15) is 0 Å². The Morgan fingerprint density at radius 1 is 1.26 bits per heavy atom. The molecule has 0 unspecified atom stereocenters. The molecule has 1 aliphatic heterocycles. The number of aromatic nitrogens is 2. The van der Waals surface area contributed by atoms with Crippen LogP contribution in [-0.4, -0.2) is 16.5 Å². The second-order valence-electron chi connectivity index (χ2n) is 4.29. The van der Waals surface area contributed by atoms with Gasteiger partial charge in [0.1, 0.15) is 5.15 Å². The summed E-state index contributed by atoms with van der Waals surface area (Å²) in [6, 6.07) is 7.83. The maximum absolute atomic E-state index is 6.22. The van der Waals surface area contributed by atoms with E-state index in [1.54, 1.807) is 0 Å². The second-order valence-corrected chi connectivity index (χ2v) is 5.51. The molecular weight excluding hydrogens is 328 g/mol. The minimum Gasteiger partial charge on any atom is -0.323 e. The molecule has 0 radical (unpaired) electrons. The van der Waals surface area contributed by atoms with Crippen molar-refractivity contribution in [3.05, 3.63) is 45.1 Å². The molecule has 0 aliphatic carbocycles. The third-order valence-corrected chi connectivity index (χ3v) is 4.01. The molecule has 1 aliphatic rings. The molecule has 3 rings (SSSR count). The van der Waals surface area contributed by atoms with Gasteiger partial charge >= 0.3 is 0 Å². The van der Waals surface area contributed by atoms with E-state index in [0.29, 0.717) is 11.1 Å². The molecule has 2 N–H and O–H groups in total. The van der Waals surface area contributed by atoms with Crippen molar-refractivity contribution < 1.29 is 0 Å². The van der Waals surface area contributed by atoms with Gasteiger partial charge in [0, 0.05) is 16.6 Å². The molecule has 0 saturated heterocycles. The lowest BCUT2D eigenvalue weighted by molar-refractivity contribution is 0.624. The number of nitrogens with zero attached hydrogens (tertiary/aromatic N) is 2. The van der Waals surface area contributed by atoms with Crippen LogP contribution in [0.25, 0.3) is 0 Å². The van der Waals surface area contributed by atoms with Crippen LogP contribution in [0.4, 0.5) is 11.6 Å². The summed E-state index contributed by atoms with van der Waals surface area (Å²) < 4.78 is 0.963. The molecule has 1 aromatic carbocycles. The number of halogens is 2. The summed E-state index contributed by atoms with van der Waals surface area (Å²) in [6.07, 6.45) is 0.878. The maximum atomic E-state index is 6.22. The van der Waals surface area contributed by atoms with Crippen molar-refractivity contribution in [3.63, 3.8) is 0 Å². The minimum atomic E-state index is 0.527. The van der Waals surface area contributed by atoms with Crippen molar-refractivity contribution in [2.45, 2.75) is 13.0 Å². The predicted molar refractivity (Wildman–Crippen MR) is 79.9 cm³/mol. The van der Waals surface area contributed by atoms with E-state index in [1.165, 1.54) is 0 Å². The minimum absolute atomic E-state index is 0.527. The summed E-state index contributed by atoms with van der Waals surface area (Å²) in [5.41, 5.74) is 2.95. The number of anilines is 2. The van der Waals surface area contributed by atoms with Crippen molar-refractivity contribution in [1.82, 2.24) is 15.3 Å². The van der Waals surface area contributed by atoms with Crippen LogP contribution in [0.2, 0.25) is 5.15 Å². The molecule has 2 aromatic rings. The van der Waals surface area contributed by atoms with Gasteiger partial charge in [-0.2, -0.15) is 0 Å². The Bertz CT molecular complexity index is 618. The summed E-state index contributed by atoms with van der Waals surface area (Å²) >= 11 is 9.71. The fourth-order valence-electron chi connectivity index (χ4n) is 2.05. The van der Waals surface area contributed by atoms with E-state index in [0.717, 1.165) is 40.9 Å². The van der Waals surface area contributed by atoms with E-state index in [-0.39, 0.29) is 0 Å². The second kappa shape index (κ2) is 5.45. The van der Waals surface area contributed by atoms with Crippen molar-refractivity contribution >= 4 is 39.2 Å². The number of para-hydroxylation sites is 1. The lowest BCUT2D eigenvalue weighted by atomic mass is 10.1. The van der Waals surface area contributed by atoms with Gasteiger partial charge in [-0.3, -0.25) is 0 Å². The maximum Gasteiger partial charge on any atom is 0.228 e. The van der Waals surface area contributed by atoms with Gasteiger partial charge < -0.3 is 10.6 Å². The average Bonchev–Trinajstić information content (AvgIpc) is 2.42. The SMILES string of the molecule is Clc1nc(Nc2ccccc2Br)nc2c1CCNC2. The summed E-state index contributed by atoms with van der Waals surface area (Å²) in [4.78, 5) is 8.84. The first-order valence-corrected chi connectivity index (χ1v) is 7.18. The van der Waals surface area contributed by atoms with Gasteiger partial charge in [0.05, 0.1) is 11.4 Å². The largest absolute Gasteiger partial charge is 0.323 e. The Labute approximate surface area is 124 Å². The number of hydrogen-bond donors (Lipinski definition) is 2. The first-order valence-electron chi connectivity index (χ1n) is 6.01. The highest BCUT2D eigenvalue weighted by molar-refractivity contribution is 9.10. The van der Waals surface area contributed by atoms with Gasteiger partial charge in [0.2, 0.25) is 5.95 Å². The van der Waals surface area contributed by atoms with Crippen LogP contribution in [0.5, 0.6) is 0 Å². The molecule has 98 valence electrons. The van der Waals surface area contributed by atoms with Crippen LogP contribution in [0.1, 0.15) is 11.3 Å². The summed E-state index contributed by atoms with van der Waals surface area (Å²) in [5, 5.41) is 7.01. The molecule has 6 heteroatoms. The third kappa shape index (κ3) is 2.73. The molecule has 1 aromatic heterocycles. The molecular formula is C13H12BrClN4. The molecule has 4 nitrogen and oxygen atoms in total. The molecule has 19 heavy (non-hydrogen) atoms. The first-order chi connectivity index (χ1) is 9.24. The van der Waals surface area contributed by atoms with Crippen molar-refractivity contribution in [2.75, 3.05) is 11.9 Å². The van der Waals surface area contributed by atoms with E-state index in [1.807, 2.05) is 24.3 Å². The van der Waals surface area contributed by atoms with E-state index < -0.39 is 0 Å². The quantitative estimate of drug-likeness (QED) is 0.825. The topological polar surface area (TPSA) is 49.8 Å². The summed E-state index contributed by atoms with van der Waals surface area (Å²) in [6.45, 7) is 1.66. The van der Waals surface area contributed by atoms with Crippen LogP contribution in [0.15, 0.2) is 28.7 Å². The monoisotopic (exact) mass is 338 g/mol. The highest BCUT2D eigenvalue weighted by atomic mass is 79.9. The number of nitrogens with one attached hydrogen (secondary N) is 2. The molecule has 0 fully saturated rings. The highest BCUT2D eigenvalue weighted by Gasteiger charge is 2.16. The van der Waals surface area contributed by atoms with Crippen LogP contribution < -0.4 is 10.6 Å². The van der Waals surface area contributed by atoms with Crippen molar-refractivity contribution in [3.8, 4) is 0 Å². The molecule has 0 saturated carbocycles. The van der Waals surface area contributed by atoms with Crippen LogP contribution in [0.3, 0.4) is 0 Å². The van der Waals surface area contributed by atoms with Gasteiger partial charge in [0.25, 0.3) is 0 Å². The van der Waals surface area contributed by atoms with Gasteiger partial charge in [-0.15, -0.1) is 0 Å². The Kier molecular flexibility index (Phi) is 3.68. The molecule has 0 spiro atoms. The van der Waals surface area contributed by atoms with Crippen LogP contribution in [-0.2, 0) is 13.0 Å². The van der Waals surface area contributed by atoms with E-state index in [4.69, 9.17) is 11.6 Å². The Morgan fingerprint density at radius 3 is 2.95 bits per heavy atom. The van der Waals surface area contributed by atoms with Gasteiger partial charge in [0.15, 0.2) is 0 Å². The standard InChI is InChI=1S/C13H12BrClN4/c14-9-3-1-2-4-10(9)17-13-18-11-7-16-6-5-8(11)12(15)19-13/h1-4,16H,5-7H2,(H,17,18,19). The van der Waals surface area contributed by atoms with Gasteiger partial charge in [-0.1, -0.05) is 23.7 Å². The smallest absolute Gasteiger partial charge is 0.228 e.